The first-order chi connectivity index (χ1) is 12.2. The molecule has 2 saturated heterocycles. The second-order valence-electron chi connectivity index (χ2n) is 6.86. The number of methoxy groups -OCH3 is 1. The number of benzene rings is 1. The molecule has 138 valence electrons. The Kier molecular flexibility index (Phi) is 6.29. The summed E-state index contributed by atoms with van der Waals surface area (Å²) < 4.78 is 10.9. The van der Waals surface area contributed by atoms with E-state index in [2.05, 4.69) is 10.2 Å². The molecule has 0 bridgehead atoms. The van der Waals surface area contributed by atoms with Gasteiger partial charge < -0.3 is 19.9 Å². The lowest BCUT2D eigenvalue weighted by Gasteiger charge is -2.36. The Morgan fingerprint density at radius 1 is 1.40 bits per heavy atom. The first-order valence-corrected chi connectivity index (χ1v) is 9.07. The molecule has 0 saturated carbocycles. The largest absolute Gasteiger partial charge is 0.496 e. The molecule has 0 aromatic heterocycles. The SMILES string of the molecule is COc1ccccc1CNC(=O)CN1CCC[C@@H]1[C@H]1COCC[C@@H]1O. The van der Waals surface area contributed by atoms with Gasteiger partial charge in [-0.1, -0.05) is 18.2 Å². The van der Waals surface area contributed by atoms with Crippen LogP contribution in [-0.2, 0) is 16.1 Å². The number of para-hydroxylation sites is 1. The third-order valence-corrected chi connectivity index (χ3v) is 5.29. The Bertz CT molecular complexity index is 580. The Morgan fingerprint density at radius 2 is 2.24 bits per heavy atom. The molecule has 1 aromatic carbocycles. The third-order valence-electron chi connectivity index (χ3n) is 5.29. The van der Waals surface area contributed by atoms with E-state index in [1.54, 1.807) is 7.11 Å². The predicted molar refractivity (Wildman–Crippen MR) is 94.4 cm³/mol. The van der Waals surface area contributed by atoms with Gasteiger partial charge in [0.2, 0.25) is 5.91 Å². The maximum atomic E-state index is 12.4. The zero-order chi connectivity index (χ0) is 17.6. The van der Waals surface area contributed by atoms with Crippen molar-refractivity contribution in [2.45, 2.75) is 38.0 Å². The van der Waals surface area contributed by atoms with Crippen LogP contribution >= 0.6 is 0 Å². The van der Waals surface area contributed by atoms with Crippen LogP contribution in [0.5, 0.6) is 5.75 Å². The zero-order valence-corrected chi connectivity index (χ0v) is 14.8. The summed E-state index contributed by atoms with van der Waals surface area (Å²) in [4.78, 5) is 14.6. The van der Waals surface area contributed by atoms with Crippen LogP contribution in [0.2, 0.25) is 0 Å². The minimum Gasteiger partial charge on any atom is -0.496 e. The second-order valence-corrected chi connectivity index (χ2v) is 6.86. The molecule has 2 fully saturated rings. The van der Waals surface area contributed by atoms with E-state index in [9.17, 15) is 9.90 Å². The van der Waals surface area contributed by atoms with Gasteiger partial charge in [0.1, 0.15) is 5.75 Å². The Hall–Kier alpha value is -1.63. The van der Waals surface area contributed by atoms with E-state index in [0.717, 1.165) is 30.7 Å². The van der Waals surface area contributed by atoms with Crippen molar-refractivity contribution in [2.75, 3.05) is 33.4 Å². The molecule has 3 atom stereocenters. The molecule has 2 aliphatic heterocycles. The van der Waals surface area contributed by atoms with Crippen molar-refractivity contribution >= 4 is 5.91 Å². The predicted octanol–water partition coefficient (Wildman–Crippen LogP) is 1.17. The highest BCUT2D eigenvalue weighted by Crippen LogP contribution is 2.29. The van der Waals surface area contributed by atoms with Gasteiger partial charge in [-0.05, 0) is 31.9 Å². The average Bonchev–Trinajstić information content (AvgIpc) is 3.08. The Labute approximate surface area is 149 Å². The highest BCUT2D eigenvalue weighted by molar-refractivity contribution is 5.78. The van der Waals surface area contributed by atoms with Gasteiger partial charge in [-0.15, -0.1) is 0 Å². The van der Waals surface area contributed by atoms with Gasteiger partial charge in [0.15, 0.2) is 0 Å². The lowest BCUT2D eigenvalue weighted by Crippen LogP contribution is -2.48. The van der Waals surface area contributed by atoms with Crippen LogP contribution < -0.4 is 10.1 Å². The monoisotopic (exact) mass is 348 g/mol. The van der Waals surface area contributed by atoms with Crippen molar-refractivity contribution in [2.24, 2.45) is 5.92 Å². The van der Waals surface area contributed by atoms with Gasteiger partial charge >= 0.3 is 0 Å². The number of amides is 1. The van der Waals surface area contributed by atoms with Crippen LogP contribution in [-0.4, -0.2) is 61.5 Å². The summed E-state index contributed by atoms with van der Waals surface area (Å²) in [5.74, 6) is 0.895. The van der Waals surface area contributed by atoms with Crippen molar-refractivity contribution < 1.29 is 19.4 Å². The van der Waals surface area contributed by atoms with E-state index < -0.39 is 0 Å². The topological polar surface area (TPSA) is 71.0 Å². The van der Waals surface area contributed by atoms with E-state index in [1.165, 1.54) is 0 Å². The summed E-state index contributed by atoms with van der Waals surface area (Å²) in [7, 11) is 1.63. The van der Waals surface area contributed by atoms with E-state index in [0.29, 0.717) is 32.7 Å². The molecule has 6 nitrogen and oxygen atoms in total. The molecule has 0 unspecified atom stereocenters. The summed E-state index contributed by atoms with van der Waals surface area (Å²) in [5, 5.41) is 13.3. The van der Waals surface area contributed by atoms with Gasteiger partial charge in [-0.3, -0.25) is 9.69 Å². The van der Waals surface area contributed by atoms with E-state index >= 15 is 0 Å². The van der Waals surface area contributed by atoms with Gasteiger partial charge in [0.25, 0.3) is 0 Å². The molecule has 0 radical (unpaired) electrons. The highest BCUT2D eigenvalue weighted by Gasteiger charge is 2.38. The lowest BCUT2D eigenvalue weighted by atomic mass is 9.89. The molecule has 1 aromatic rings. The highest BCUT2D eigenvalue weighted by atomic mass is 16.5. The number of carbonyl (C=O) groups is 1. The number of rotatable bonds is 6. The number of aliphatic hydroxyl groups excluding tert-OH is 1. The number of nitrogens with zero attached hydrogens (tertiary/aromatic N) is 1. The maximum Gasteiger partial charge on any atom is 0.234 e. The summed E-state index contributed by atoms with van der Waals surface area (Å²) in [6.45, 7) is 2.93. The number of hydrogen-bond acceptors (Lipinski definition) is 5. The third kappa shape index (κ3) is 4.51. The molecule has 6 heteroatoms. The Balaban J connectivity index is 1.53. The molecular weight excluding hydrogens is 320 g/mol. The molecule has 0 aliphatic carbocycles. The maximum absolute atomic E-state index is 12.4. The van der Waals surface area contributed by atoms with Crippen LogP contribution in [0.4, 0.5) is 0 Å². The molecular formula is C19H28N2O4. The number of likely N-dealkylation sites (tertiary alicyclic amines) is 1. The molecule has 2 N–H and O–H groups in total. The number of aliphatic hydroxyl groups is 1. The number of carbonyl (C=O) groups excluding carboxylic acids is 1. The van der Waals surface area contributed by atoms with Gasteiger partial charge in [0, 0.05) is 30.7 Å². The zero-order valence-electron chi connectivity index (χ0n) is 14.8. The number of ether oxygens (including phenoxy) is 2. The standard InChI is InChI=1S/C19H28N2O4/c1-24-18-7-3-2-5-14(18)11-20-19(23)12-21-9-4-6-16(21)15-13-25-10-8-17(15)22/h2-3,5,7,15-17,22H,4,6,8-13H2,1H3,(H,20,23)/t15-,16-,17+/m1/s1. The Morgan fingerprint density at radius 3 is 3.04 bits per heavy atom. The van der Waals surface area contributed by atoms with Crippen LogP contribution in [0, 0.1) is 5.92 Å². The summed E-state index contributed by atoms with van der Waals surface area (Å²) >= 11 is 0. The number of hydrogen-bond donors (Lipinski definition) is 2. The van der Waals surface area contributed by atoms with E-state index in [1.807, 2.05) is 24.3 Å². The van der Waals surface area contributed by atoms with Gasteiger partial charge in [0.05, 0.1) is 26.4 Å². The minimum absolute atomic E-state index is 0.00373. The smallest absolute Gasteiger partial charge is 0.234 e. The van der Waals surface area contributed by atoms with Crippen LogP contribution in [0.1, 0.15) is 24.8 Å². The van der Waals surface area contributed by atoms with Crippen LogP contribution in [0.3, 0.4) is 0 Å². The quantitative estimate of drug-likeness (QED) is 0.808. The normalized spacial score (nSPS) is 27.2. The van der Waals surface area contributed by atoms with Crippen LogP contribution in [0.25, 0.3) is 0 Å². The van der Waals surface area contributed by atoms with Gasteiger partial charge in [-0.2, -0.15) is 0 Å². The minimum atomic E-state index is -0.323. The number of nitrogens with one attached hydrogen (secondary N) is 1. The molecule has 1 amide bonds. The lowest BCUT2D eigenvalue weighted by molar-refractivity contribution is -0.124. The molecule has 0 spiro atoms. The summed E-state index contributed by atoms with van der Waals surface area (Å²) in [6, 6.07) is 7.92. The van der Waals surface area contributed by atoms with Gasteiger partial charge in [-0.25, -0.2) is 0 Å². The van der Waals surface area contributed by atoms with E-state index in [4.69, 9.17) is 9.47 Å². The first kappa shape index (κ1) is 18.2. The van der Waals surface area contributed by atoms with Crippen molar-refractivity contribution in [3.63, 3.8) is 0 Å². The molecule has 3 rings (SSSR count). The van der Waals surface area contributed by atoms with Crippen molar-refractivity contribution in [1.29, 1.82) is 0 Å². The molecule has 2 heterocycles. The molecule has 2 aliphatic rings. The fourth-order valence-electron chi connectivity index (χ4n) is 3.93. The molecule has 25 heavy (non-hydrogen) atoms. The summed E-state index contributed by atoms with van der Waals surface area (Å²) in [5.41, 5.74) is 0.965. The van der Waals surface area contributed by atoms with Crippen molar-refractivity contribution in [1.82, 2.24) is 10.2 Å². The van der Waals surface area contributed by atoms with E-state index in [-0.39, 0.29) is 24.0 Å². The fourth-order valence-corrected chi connectivity index (χ4v) is 3.93. The second kappa shape index (κ2) is 8.65. The first-order valence-electron chi connectivity index (χ1n) is 9.07. The van der Waals surface area contributed by atoms with Crippen molar-refractivity contribution in [3.05, 3.63) is 29.8 Å². The fraction of sp³-hybridized carbons (Fsp3) is 0.632. The summed E-state index contributed by atoms with van der Waals surface area (Å²) in [6.07, 6.45) is 2.45. The van der Waals surface area contributed by atoms with Crippen LogP contribution in [0.15, 0.2) is 24.3 Å². The average molecular weight is 348 g/mol. The van der Waals surface area contributed by atoms with Crippen molar-refractivity contribution in [3.8, 4) is 5.75 Å².